The third-order valence-electron chi connectivity index (χ3n) is 2.23. The number of halogens is 2. The van der Waals surface area contributed by atoms with Gasteiger partial charge in [0.1, 0.15) is 5.82 Å². The first-order valence-corrected chi connectivity index (χ1v) is 5.43. The van der Waals surface area contributed by atoms with Gasteiger partial charge in [0.2, 0.25) is 0 Å². The molecule has 89 valence electrons. The third kappa shape index (κ3) is 3.52. The van der Waals surface area contributed by atoms with Gasteiger partial charge in [-0.3, -0.25) is 10.1 Å². The molecule has 0 saturated heterocycles. The predicted octanol–water partition coefficient (Wildman–Crippen LogP) is 1.78. The summed E-state index contributed by atoms with van der Waals surface area (Å²) in [5.41, 5.74) is 0.642. The first-order chi connectivity index (χ1) is 8.04. The lowest BCUT2D eigenvalue weighted by molar-refractivity contribution is -0.110. The number of hydrogen-bond acceptors (Lipinski definition) is 3. The minimum Gasteiger partial charge on any atom is -0.300 e. The van der Waals surface area contributed by atoms with Crippen LogP contribution in [0.2, 0.25) is 0 Å². The van der Waals surface area contributed by atoms with Gasteiger partial charge in [-0.15, -0.1) is 0 Å². The van der Waals surface area contributed by atoms with Crippen LogP contribution in [-0.2, 0) is 11.2 Å². The van der Waals surface area contributed by atoms with Crippen LogP contribution in [0.1, 0.15) is 18.1 Å². The zero-order valence-electron chi connectivity index (χ0n) is 9.26. The van der Waals surface area contributed by atoms with E-state index in [1.165, 1.54) is 6.07 Å². The Balaban J connectivity index is 3.02. The normalized spacial score (nSPS) is 13.8. The van der Waals surface area contributed by atoms with Gasteiger partial charge in [-0.05, 0) is 24.2 Å². The second-order valence-electron chi connectivity index (χ2n) is 3.52. The summed E-state index contributed by atoms with van der Waals surface area (Å²) < 4.78 is 12.9. The number of likely N-dealkylation sites (N-methyl/N-ethyl adjacent to an activating group) is 1. The molecule has 0 heterocycles. The number of nitrogens with one attached hydrogen (secondary N) is 1. The van der Waals surface area contributed by atoms with Gasteiger partial charge in [0.15, 0.2) is 11.3 Å². The van der Waals surface area contributed by atoms with E-state index in [0.29, 0.717) is 18.4 Å². The van der Waals surface area contributed by atoms with Crippen molar-refractivity contribution in [2.45, 2.75) is 18.3 Å². The minimum atomic E-state index is -1.27. The number of alkyl halides is 1. The lowest BCUT2D eigenvalue weighted by atomic mass is 10.0. The van der Waals surface area contributed by atoms with Crippen molar-refractivity contribution in [2.75, 3.05) is 6.54 Å². The molecule has 1 N–H and O–H groups in total. The van der Waals surface area contributed by atoms with Gasteiger partial charge >= 0.3 is 0 Å². The predicted molar refractivity (Wildman–Crippen MR) is 62.0 cm³/mol. The summed E-state index contributed by atoms with van der Waals surface area (Å²) in [6.45, 7) is 2.32. The molecule has 1 aromatic rings. The molecule has 0 aliphatic carbocycles. The van der Waals surface area contributed by atoms with Gasteiger partial charge in [-0.1, -0.05) is 18.5 Å². The van der Waals surface area contributed by atoms with Crippen LogP contribution in [0.15, 0.2) is 12.1 Å². The molecule has 0 bridgehead atoms. The number of hydrogen-bond donors (Lipinski definition) is 1. The molecule has 1 aromatic carbocycles. The van der Waals surface area contributed by atoms with E-state index in [1.54, 1.807) is 0 Å². The molecule has 1 unspecified atom stereocenters. The summed E-state index contributed by atoms with van der Waals surface area (Å²) in [7, 11) is 0. The summed E-state index contributed by atoms with van der Waals surface area (Å²) in [6.07, 6.45) is 0.675. The third-order valence-corrected chi connectivity index (χ3v) is 2.58. The standard InChI is InChI=1S/C12H11ClFN2O/c1-2-16-12(13,8-17)6-9-3-4-11(14)5-10(9)7-15/h3,5,8,16H,2,6H2,1H3. The van der Waals surface area contributed by atoms with Crippen LogP contribution in [0, 0.1) is 23.2 Å². The molecule has 0 aliphatic rings. The summed E-state index contributed by atoms with van der Waals surface area (Å²) in [5.74, 6) is -0.611. The van der Waals surface area contributed by atoms with E-state index >= 15 is 0 Å². The molecule has 5 heteroatoms. The number of nitrogens with zero attached hydrogens (tertiary/aromatic N) is 1. The molecule has 0 aliphatic heterocycles. The van der Waals surface area contributed by atoms with Gasteiger partial charge in [0.05, 0.1) is 11.6 Å². The largest absolute Gasteiger partial charge is 0.300 e. The van der Waals surface area contributed by atoms with E-state index in [9.17, 15) is 9.18 Å². The van der Waals surface area contributed by atoms with Crippen LogP contribution in [-0.4, -0.2) is 17.8 Å². The van der Waals surface area contributed by atoms with Crippen LogP contribution in [0.4, 0.5) is 4.39 Å². The van der Waals surface area contributed by atoms with Gasteiger partial charge in [-0.2, -0.15) is 5.26 Å². The highest BCUT2D eigenvalue weighted by molar-refractivity contribution is 6.31. The maximum absolute atomic E-state index is 12.9. The highest BCUT2D eigenvalue weighted by Gasteiger charge is 2.26. The topological polar surface area (TPSA) is 52.9 Å². The first-order valence-electron chi connectivity index (χ1n) is 5.05. The highest BCUT2D eigenvalue weighted by atomic mass is 35.5. The zero-order valence-corrected chi connectivity index (χ0v) is 10.0. The highest BCUT2D eigenvalue weighted by Crippen LogP contribution is 2.19. The average molecular weight is 254 g/mol. The van der Waals surface area contributed by atoms with Crippen LogP contribution >= 0.6 is 11.6 Å². The zero-order chi connectivity index (χ0) is 12.9. The summed E-state index contributed by atoms with van der Waals surface area (Å²) in [6, 6.07) is 6.62. The first kappa shape index (κ1) is 13.6. The van der Waals surface area contributed by atoms with Crippen molar-refractivity contribution in [3.8, 4) is 6.07 Å². The van der Waals surface area contributed by atoms with Crippen molar-refractivity contribution in [3.05, 3.63) is 35.1 Å². The molecular formula is C12H11ClFN2O. The van der Waals surface area contributed by atoms with E-state index in [2.05, 4.69) is 11.4 Å². The second kappa shape index (κ2) is 5.76. The molecule has 1 rings (SSSR count). The maximum Gasteiger partial charge on any atom is 0.155 e. The Bertz CT molecular complexity index is 458. The Morgan fingerprint density at radius 2 is 2.47 bits per heavy atom. The molecule has 1 atom stereocenters. The number of benzene rings is 1. The number of carbonyl (C=O) groups excluding carboxylic acids is 1. The molecule has 0 saturated carbocycles. The van der Waals surface area contributed by atoms with E-state index in [-0.39, 0.29) is 12.0 Å². The van der Waals surface area contributed by atoms with Crippen LogP contribution in [0.5, 0.6) is 0 Å². The van der Waals surface area contributed by atoms with E-state index in [4.69, 9.17) is 16.9 Å². The van der Waals surface area contributed by atoms with E-state index in [1.807, 2.05) is 13.0 Å². The number of rotatable bonds is 5. The summed E-state index contributed by atoms with van der Waals surface area (Å²) >= 11 is 6.03. The van der Waals surface area contributed by atoms with Crippen molar-refractivity contribution >= 4 is 17.9 Å². The average Bonchev–Trinajstić information content (AvgIpc) is 2.32. The maximum atomic E-state index is 12.9. The Hall–Kier alpha value is -1.44. The smallest absolute Gasteiger partial charge is 0.155 e. The monoisotopic (exact) mass is 253 g/mol. The Morgan fingerprint density at radius 3 is 3.00 bits per heavy atom. The van der Waals surface area contributed by atoms with Gasteiger partial charge < -0.3 is 0 Å². The Kier molecular flexibility index (Phi) is 4.62. The minimum absolute atomic E-state index is 0.103. The number of nitriles is 1. The van der Waals surface area contributed by atoms with Crippen molar-refractivity contribution in [2.24, 2.45) is 0 Å². The Morgan fingerprint density at radius 1 is 1.76 bits per heavy atom. The molecular weight excluding hydrogens is 243 g/mol. The van der Waals surface area contributed by atoms with Crippen LogP contribution in [0.25, 0.3) is 0 Å². The molecule has 3 nitrogen and oxygen atoms in total. The van der Waals surface area contributed by atoms with E-state index < -0.39 is 10.8 Å². The van der Waals surface area contributed by atoms with Crippen LogP contribution in [0.3, 0.4) is 0 Å². The molecule has 1 radical (unpaired) electrons. The van der Waals surface area contributed by atoms with E-state index in [0.717, 1.165) is 6.07 Å². The fourth-order valence-corrected chi connectivity index (χ4v) is 1.74. The number of aldehydes is 1. The van der Waals surface area contributed by atoms with Crippen LogP contribution < -0.4 is 5.32 Å². The molecule has 17 heavy (non-hydrogen) atoms. The molecule has 0 fully saturated rings. The quantitative estimate of drug-likeness (QED) is 0.494. The lowest BCUT2D eigenvalue weighted by Crippen LogP contribution is -2.43. The van der Waals surface area contributed by atoms with Gasteiger partial charge in [-0.25, -0.2) is 4.39 Å². The van der Waals surface area contributed by atoms with Gasteiger partial charge in [0, 0.05) is 12.5 Å². The van der Waals surface area contributed by atoms with Crippen molar-refractivity contribution in [3.63, 3.8) is 0 Å². The molecule has 0 spiro atoms. The van der Waals surface area contributed by atoms with Crippen molar-refractivity contribution < 1.29 is 9.18 Å². The van der Waals surface area contributed by atoms with Gasteiger partial charge in [0.25, 0.3) is 0 Å². The SMILES string of the molecule is CCNC(Cl)(C=O)Cc1c[c]c(F)cc1C#N. The molecule has 0 amide bonds. The summed E-state index contributed by atoms with van der Waals surface area (Å²) in [4.78, 5) is 9.65. The number of carbonyl (C=O) groups is 1. The van der Waals surface area contributed by atoms with Crippen molar-refractivity contribution in [1.82, 2.24) is 5.32 Å². The Labute approximate surface area is 104 Å². The molecule has 0 aromatic heterocycles. The second-order valence-corrected chi connectivity index (χ2v) is 4.19. The fourth-order valence-electron chi connectivity index (χ4n) is 1.46. The lowest BCUT2D eigenvalue weighted by Gasteiger charge is -2.21. The summed E-state index contributed by atoms with van der Waals surface area (Å²) in [5, 5.41) is 11.7. The van der Waals surface area contributed by atoms with Crippen molar-refractivity contribution in [1.29, 1.82) is 5.26 Å². The fraction of sp³-hybridized carbons (Fsp3) is 0.333.